The Morgan fingerprint density at radius 3 is 2.11 bits per heavy atom. The lowest BCUT2D eigenvalue weighted by atomic mass is 10.0. The highest BCUT2D eigenvalue weighted by Crippen LogP contribution is 2.22. The molecular formula is C14H19NO3S. The number of aliphatic hydroxyl groups excluding tert-OH is 1. The Hall–Kier alpha value is -0.910. The Morgan fingerprint density at radius 1 is 1.05 bits per heavy atom. The molecule has 19 heavy (non-hydrogen) atoms. The van der Waals surface area contributed by atoms with Crippen LogP contribution in [0, 0.1) is 0 Å². The lowest BCUT2D eigenvalue weighted by molar-refractivity contribution is 0.0860. The lowest BCUT2D eigenvalue weighted by Gasteiger charge is -2.28. The van der Waals surface area contributed by atoms with Crippen molar-refractivity contribution in [1.82, 2.24) is 4.90 Å². The van der Waals surface area contributed by atoms with Crippen molar-refractivity contribution >= 4 is 9.84 Å². The van der Waals surface area contributed by atoms with Crippen LogP contribution < -0.4 is 0 Å². The van der Waals surface area contributed by atoms with E-state index in [9.17, 15) is 13.5 Å². The zero-order chi connectivity index (χ0) is 13.5. The Kier molecular flexibility index (Phi) is 3.37. The van der Waals surface area contributed by atoms with Crippen molar-refractivity contribution in [2.24, 2.45) is 0 Å². The van der Waals surface area contributed by atoms with Gasteiger partial charge in [-0.05, 0) is 24.0 Å². The molecule has 1 aromatic rings. The first-order chi connectivity index (χ1) is 9.05. The third kappa shape index (κ3) is 2.68. The summed E-state index contributed by atoms with van der Waals surface area (Å²) < 4.78 is 23.2. The van der Waals surface area contributed by atoms with Gasteiger partial charge in [-0.25, -0.2) is 8.42 Å². The Bertz CT molecular complexity index is 543. The average molecular weight is 281 g/mol. The SMILES string of the molecule is O=S1(=O)CC(O)C(N2CCc3ccccc3CC2)C1. The van der Waals surface area contributed by atoms with E-state index in [1.165, 1.54) is 11.1 Å². The van der Waals surface area contributed by atoms with Crippen LogP contribution in [0.15, 0.2) is 24.3 Å². The smallest absolute Gasteiger partial charge is 0.154 e. The molecule has 2 unspecified atom stereocenters. The summed E-state index contributed by atoms with van der Waals surface area (Å²) in [5.74, 6) is 0.0195. The number of benzene rings is 1. The number of fused-ring (bicyclic) bond motifs is 1. The molecule has 2 atom stereocenters. The predicted octanol–water partition coefficient (Wildman–Crippen LogP) is 0.245. The summed E-state index contributed by atoms with van der Waals surface area (Å²) in [5, 5.41) is 9.96. The summed E-state index contributed by atoms with van der Waals surface area (Å²) in [6.07, 6.45) is 1.13. The van der Waals surface area contributed by atoms with Gasteiger partial charge in [-0.1, -0.05) is 24.3 Å². The van der Waals surface area contributed by atoms with Gasteiger partial charge in [-0.3, -0.25) is 4.90 Å². The molecule has 0 spiro atoms. The second-order valence-corrected chi connectivity index (χ2v) is 7.67. The maximum absolute atomic E-state index is 11.6. The minimum absolute atomic E-state index is 0.0822. The molecule has 1 N–H and O–H groups in total. The van der Waals surface area contributed by atoms with Crippen molar-refractivity contribution in [2.45, 2.75) is 25.0 Å². The molecule has 1 aromatic carbocycles. The van der Waals surface area contributed by atoms with Gasteiger partial charge in [0, 0.05) is 13.1 Å². The van der Waals surface area contributed by atoms with E-state index in [4.69, 9.17) is 0 Å². The van der Waals surface area contributed by atoms with Crippen LogP contribution in [0.25, 0.3) is 0 Å². The van der Waals surface area contributed by atoms with Crippen LogP contribution in [0.3, 0.4) is 0 Å². The molecule has 2 heterocycles. The van der Waals surface area contributed by atoms with Crippen LogP contribution >= 0.6 is 0 Å². The van der Waals surface area contributed by atoms with Crippen LogP contribution in [-0.4, -0.2) is 55.2 Å². The number of hydrogen-bond donors (Lipinski definition) is 1. The number of sulfone groups is 1. The fourth-order valence-corrected chi connectivity index (χ4v) is 5.01. The van der Waals surface area contributed by atoms with Crippen molar-refractivity contribution < 1.29 is 13.5 Å². The number of aliphatic hydroxyl groups is 1. The van der Waals surface area contributed by atoms with E-state index in [1.54, 1.807) is 0 Å². The van der Waals surface area contributed by atoms with E-state index in [0.717, 1.165) is 25.9 Å². The van der Waals surface area contributed by atoms with Gasteiger partial charge >= 0.3 is 0 Å². The molecule has 3 rings (SSSR count). The second kappa shape index (κ2) is 4.89. The molecule has 5 heteroatoms. The van der Waals surface area contributed by atoms with Crippen LogP contribution in [-0.2, 0) is 22.7 Å². The first-order valence-corrected chi connectivity index (χ1v) is 8.57. The van der Waals surface area contributed by atoms with E-state index in [0.29, 0.717) is 0 Å². The number of hydrogen-bond acceptors (Lipinski definition) is 4. The number of rotatable bonds is 1. The molecule has 0 saturated carbocycles. The largest absolute Gasteiger partial charge is 0.390 e. The number of nitrogens with zero attached hydrogens (tertiary/aromatic N) is 1. The first-order valence-electron chi connectivity index (χ1n) is 6.74. The standard InChI is InChI=1S/C14H19NO3S/c16-14-10-19(17,18)9-13(14)15-7-5-11-3-1-2-4-12(11)6-8-15/h1-4,13-14,16H,5-10H2. The summed E-state index contributed by atoms with van der Waals surface area (Å²) >= 11 is 0. The van der Waals surface area contributed by atoms with E-state index in [-0.39, 0.29) is 17.5 Å². The van der Waals surface area contributed by atoms with Gasteiger partial charge < -0.3 is 5.11 Å². The summed E-state index contributed by atoms with van der Waals surface area (Å²) in [6, 6.07) is 8.15. The molecule has 2 aliphatic heterocycles. The molecule has 1 saturated heterocycles. The van der Waals surface area contributed by atoms with Crippen molar-refractivity contribution in [2.75, 3.05) is 24.6 Å². The van der Waals surface area contributed by atoms with Gasteiger partial charge in [-0.2, -0.15) is 0 Å². The molecule has 2 aliphatic rings. The van der Waals surface area contributed by atoms with E-state index < -0.39 is 15.9 Å². The van der Waals surface area contributed by atoms with Gasteiger partial charge in [0.1, 0.15) is 0 Å². The molecular weight excluding hydrogens is 262 g/mol. The molecule has 0 amide bonds. The third-order valence-corrected chi connectivity index (χ3v) is 5.92. The summed E-state index contributed by atoms with van der Waals surface area (Å²) in [5.41, 5.74) is 2.70. The normalized spacial score (nSPS) is 30.8. The van der Waals surface area contributed by atoms with Gasteiger partial charge in [0.15, 0.2) is 9.84 Å². The molecule has 4 nitrogen and oxygen atoms in total. The Labute approximate surface area is 114 Å². The minimum Gasteiger partial charge on any atom is -0.390 e. The molecule has 104 valence electrons. The average Bonchev–Trinajstić information content (AvgIpc) is 2.55. The van der Waals surface area contributed by atoms with Crippen molar-refractivity contribution in [3.8, 4) is 0 Å². The van der Waals surface area contributed by atoms with Crippen LogP contribution in [0.1, 0.15) is 11.1 Å². The molecule has 1 fully saturated rings. The van der Waals surface area contributed by atoms with Gasteiger partial charge in [0.2, 0.25) is 0 Å². The fourth-order valence-electron chi connectivity index (χ4n) is 3.18. The maximum atomic E-state index is 11.6. The van der Waals surface area contributed by atoms with E-state index in [1.807, 2.05) is 12.1 Å². The van der Waals surface area contributed by atoms with Crippen LogP contribution in [0.5, 0.6) is 0 Å². The van der Waals surface area contributed by atoms with Crippen LogP contribution in [0.4, 0.5) is 0 Å². The van der Waals surface area contributed by atoms with Crippen molar-refractivity contribution in [3.05, 3.63) is 35.4 Å². The zero-order valence-corrected chi connectivity index (χ0v) is 11.6. The van der Waals surface area contributed by atoms with E-state index >= 15 is 0 Å². The fraction of sp³-hybridized carbons (Fsp3) is 0.571. The zero-order valence-electron chi connectivity index (χ0n) is 10.8. The monoisotopic (exact) mass is 281 g/mol. The first kappa shape index (κ1) is 13.1. The van der Waals surface area contributed by atoms with Gasteiger partial charge in [0.05, 0.1) is 23.7 Å². The Balaban J connectivity index is 1.76. The topological polar surface area (TPSA) is 57.6 Å². The third-order valence-electron chi connectivity index (χ3n) is 4.22. The molecule has 0 radical (unpaired) electrons. The van der Waals surface area contributed by atoms with Crippen molar-refractivity contribution in [3.63, 3.8) is 0 Å². The predicted molar refractivity (Wildman–Crippen MR) is 73.9 cm³/mol. The summed E-state index contributed by atoms with van der Waals surface area (Å²) in [7, 11) is -3.06. The maximum Gasteiger partial charge on any atom is 0.154 e. The summed E-state index contributed by atoms with van der Waals surface area (Å²) in [4.78, 5) is 2.15. The second-order valence-electron chi connectivity index (χ2n) is 5.52. The highest BCUT2D eigenvalue weighted by molar-refractivity contribution is 7.91. The summed E-state index contributed by atoms with van der Waals surface area (Å²) in [6.45, 7) is 1.66. The lowest BCUT2D eigenvalue weighted by Crippen LogP contribution is -2.44. The molecule has 0 aliphatic carbocycles. The molecule has 0 aromatic heterocycles. The van der Waals surface area contributed by atoms with Gasteiger partial charge in [0.25, 0.3) is 0 Å². The van der Waals surface area contributed by atoms with Crippen molar-refractivity contribution in [1.29, 1.82) is 0 Å². The van der Waals surface area contributed by atoms with E-state index in [2.05, 4.69) is 17.0 Å². The van der Waals surface area contributed by atoms with Crippen LogP contribution in [0.2, 0.25) is 0 Å². The highest BCUT2D eigenvalue weighted by atomic mass is 32.2. The highest BCUT2D eigenvalue weighted by Gasteiger charge is 2.40. The Morgan fingerprint density at radius 2 is 1.63 bits per heavy atom. The molecule has 0 bridgehead atoms. The van der Waals surface area contributed by atoms with Gasteiger partial charge in [-0.15, -0.1) is 0 Å². The quantitative estimate of drug-likeness (QED) is 0.801. The minimum atomic E-state index is -3.06.